The molecule has 8 nitrogen and oxygen atoms in total. The quantitative estimate of drug-likeness (QED) is 0.266. The molecule has 0 saturated carbocycles. The Bertz CT molecular complexity index is 1500. The molecular formula is C24H21F6N5O3. The molecule has 0 bridgehead atoms. The number of ether oxygens (including phenoxy) is 1. The van der Waals surface area contributed by atoms with E-state index < -0.39 is 37.1 Å². The van der Waals surface area contributed by atoms with E-state index in [4.69, 9.17) is 5.73 Å². The number of carbonyl (C=O) groups excluding carboxylic acids is 1. The smallest absolute Gasteiger partial charge is 0.457 e. The minimum absolute atomic E-state index is 0.0845. The van der Waals surface area contributed by atoms with E-state index in [1.165, 1.54) is 29.2 Å². The number of nitrogen functional groups attached to an aromatic ring is 1. The van der Waals surface area contributed by atoms with Gasteiger partial charge in [0.1, 0.15) is 12.4 Å². The van der Waals surface area contributed by atoms with Crippen LogP contribution in [0.4, 0.5) is 38.1 Å². The van der Waals surface area contributed by atoms with Crippen LogP contribution in [0.5, 0.6) is 0 Å². The van der Waals surface area contributed by atoms with Gasteiger partial charge < -0.3 is 25.0 Å². The summed E-state index contributed by atoms with van der Waals surface area (Å²) < 4.78 is 85.0. The van der Waals surface area contributed by atoms with Gasteiger partial charge in [0.25, 0.3) is 0 Å². The monoisotopic (exact) mass is 541 g/mol. The number of carbonyl (C=O) groups is 1. The number of alkyl halides is 6. The van der Waals surface area contributed by atoms with Crippen molar-refractivity contribution in [2.45, 2.75) is 12.4 Å². The van der Waals surface area contributed by atoms with Crippen molar-refractivity contribution in [2.24, 2.45) is 7.05 Å². The normalized spacial score (nSPS) is 12.3. The van der Waals surface area contributed by atoms with Gasteiger partial charge in [0.05, 0.1) is 35.1 Å². The van der Waals surface area contributed by atoms with E-state index in [2.05, 4.69) is 14.7 Å². The van der Waals surface area contributed by atoms with Crippen molar-refractivity contribution in [2.75, 3.05) is 36.9 Å². The Hall–Kier alpha value is -4.07. The molecule has 4 rings (SSSR count). The number of fused-ring (bicyclic) bond motifs is 3. The van der Waals surface area contributed by atoms with Gasteiger partial charge in [0.15, 0.2) is 0 Å². The number of esters is 1. The minimum atomic E-state index is -5.17. The average molecular weight is 541 g/mol. The molecular weight excluding hydrogens is 520 g/mol. The summed E-state index contributed by atoms with van der Waals surface area (Å²) >= 11 is 0. The number of rotatable bonds is 7. The van der Waals surface area contributed by atoms with Crippen LogP contribution >= 0.6 is 0 Å². The minimum Gasteiger partial charge on any atom is -0.457 e. The molecule has 2 aromatic carbocycles. The first-order valence-electron chi connectivity index (χ1n) is 11.1. The van der Waals surface area contributed by atoms with Crippen LogP contribution in [0.3, 0.4) is 0 Å². The molecule has 0 aliphatic rings. The summed E-state index contributed by atoms with van der Waals surface area (Å²) in [6.07, 6.45) is -8.18. The highest BCUT2D eigenvalue weighted by Crippen LogP contribution is 2.43. The van der Waals surface area contributed by atoms with E-state index in [0.717, 1.165) is 6.07 Å². The average Bonchev–Trinajstić information content (AvgIpc) is 3.22. The van der Waals surface area contributed by atoms with Crippen molar-refractivity contribution in [3.05, 3.63) is 48.2 Å². The maximum Gasteiger partial charge on any atom is 0.490 e. The van der Waals surface area contributed by atoms with Gasteiger partial charge in [-0.05, 0) is 23.8 Å². The lowest BCUT2D eigenvalue weighted by molar-refractivity contribution is -0.199. The number of hydrogen-bond acceptors (Lipinski definition) is 7. The summed E-state index contributed by atoms with van der Waals surface area (Å²) in [5, 5.41) is 10.4. The number of aliphatic hydroxyl groups excluding tert-OH is 1. The van der Waals surface area contributed by atoms with E-state index in [0.29, 0.717) is 16.3 Å². The fourth-order valence-corrected chi connectivity index (χ4v) is 4.29. The van der Waals surface area contributed by atoms with Crippen molar-refractivity contribution in [3.8, 4) is 11.1 Å². The Kier molecular flexibility index (Phi) is 7.10. The summed E-state index contributed by atoms with van der Waals surface area (Å²) in [4.78, 5) is 20.9. The number of aryl methyl sites for hydroxylation is 1. The lowest BCUT2D eigenvalue weighted by Crippen LogP contribution is -2.34. The van der Waals surface area contributed by atoms with Crippen LogP contribution in [0.2, 0.25) is 0 Å². The molecule has 2 heterocycles. The molecule has 2 aromatic heterocycles. The second-order valence-electron chi connectivity index (χ2n) is 8.30. The third-order valence-corrected chi connectivity index (χ3v) is 5.83. The number of nitrogens with zero attached hydrogens (tertiary/aromatic N) is 4. The molecule has 0 aliphatic heterocycles. The number of halogens is 6. The van der Waals surface area contributed by atoms with E-state index >= 15 is 0 Å². The summed E-state index contributed by atoms with van der Waals surface area (Å²) in [7, 11) is 1.65. The van der Waals surface area contributed by atoms with Gasteiger partial charge in [-0.3, -0.25) is 0 Å². The van der Waals surface area contributed by atoms with Crippen LogP contribution in [0, 0.1) is 0 Å². The van der Waals surface area contributed by atoms with Crippen LogP contribution in [0.1, 0.15) is 5.56 Å². The number of aromatic nitrogens is 3. The zero-order chi connectivity index (χ0) is 27.8. The van der Waals surface area contributed by atoms with E-state index in [9.17, 15) is 36.2 Å². The van der Waals surface area contributed by atoms with Gasteiger partial charge in [-0.25, -0.2) is 9.78 Å². The van der Waals surface area contributed by atoms with Crippen molar-refractivity contribution >= 4 is 39.5 Å². The van der Waals surface area contributed by atoms with Gasteiger partial charge in [0, 0.05) is 30.7 Å². The Balaban J connectivity index is 1.91. The van der Waals surface area contributed by atoms with Crippen molar-refractivity contribution < 1.29 is 41.0 Å². The molecule has 4 aromatic rings. The molecule has 0 fully saturated rings. The van der Waals surface area contributed by atoms with Crippen LogP contribution in [0.25, 0.3) is 32.9 Å². The molecule has 0 spiro atoms. The third-order valence-electron chi connectivity index (χ3n) is 5.83. The highest BCUT2D eigenvalue weighted by Gasteiger charge is 2.41. The van der Waals surface area contributed by atoms with Gasteiger partial charge in [-0.1, -0.05) is 18.2 Å². The predicted octanol–water partition coefficient (Wildman–Crippen LogP) is 4.29. The Morgan fingerprint density at radius 2 is 1.79 bits per heavy atom. The lowest BCUT2D eigenvalue weighted by atomic mass is 9.95. The maximum atomic E-state index is 13.9. The van der Waals surface area contributed by atoms with Crippen molar-refractivity contribution in [3.63, 3.8) is 0 Å². The summed E-state index contributed by atoms with van der Waals surface area (Å²) in [6, 6.07) is 8.15. The highest BCUT2D eigenvalue weighted by molar-refractivity contribution is 6.16. The van der Waals surface area contributed by atoms with E-state index in [1.807, 2.05) is 0 Å². The van der Waals surface area contributed by atoms with Crippen LogP contribution in [-0.4, -0.2) is 58.1 Å². The number of aliphatic hydroxyl groups is 1. The topological polar surface area (TPSA) is 106 Å². The Morgan fingerprint density at radius 3 is 2.45 bits per heavy atom. The molecule has 202 valence electrons. The fourth-order valence-electron chi connectivity index (χ4n) is 4.29. The molecule has 38 heavy (non-hydrogen) atoms. The van der Waals surface area contributed by atoms with Crippen LogP contribution in [0.15, 0.2) is 42.6 Å². The number of benzene rings is 2. The van der Waals surface area contributed by atoms with E-state index in [-0.39, 0.29) is 41.5 Å². The summed E-state index contributed by atoms with van der Waals surface area (Å²) in [5.41, 5.74) is 5.78. The second kappa shape index (κ2) is 10.0. The van der Waals surface area contributed by atoms with Crippen molar-refractivity contribution in [1.82, 2.24) is 14.5 Å². The Labute approximate surface area is 211 Å². The molecule has 0 atom stereocenters. The zero-order valence-corrected chi connectivity index (χ0v) is 19.8. The number of hydrogen-bond donors (Lipinski definition) is 2. The first-order valence-corrected chi connectivity index (χ1v) is 11.1. The third kappa shape index (κ3) is 5.16. The molecule has 0 radical (unpaired) electrons. The van der Waals surface area contributed by atoms with Crippen molar-refractivity contribution in [1.29, 1.82) is 0 Å². The molecule has 0 aliphatic carbocycles. The van der Waals surface area contributed by atoms with Gasteiger partial charge in [-0.15, -0.1) is 0 Å². The fraction of sp³-hybridized carbons (Fsp3) is 0.292. The van der Waals surface area contributed by atoms with E-state index in [1.54, 1.807) is 23.9 Å². The first kappa shape index (κ1) is 27.0. The summed E-state index contributed by atoms with van der Waals surface area (Å²) in [6.45, 7) is -1.53. The summed E-state index contributed by atoms with van der Waals surface area (Å²) in [5.74, 6) is -2.52. The maximum absolute atomic E-state index is 13.9. The number of anilines is 2. The predicted molar refractivity (Wildman–Crippen MR) is 127 cm³/mol. The zero-order valence-electron chi connectivity index (χ0n) is 19.8. The molecule has 0 unspecified atom stereocenters. The lowest BCUT2D eigenvalue weighted by Gasteiger charge is -2.25. The molecule has 0 saturated heterocycles. The Morgan fingerprint density at radius 1 is 1.08 bits per heavy atom. The molecule has 3 N–H and O–H groups in total. The van der Waals surface area contributed by atoms with Crippen LogP contribution < -0.4 is 10.6 Å². The van der Waals surface area contributed by atoms with Crippen LogP contribution in [-0.2, 0) is 22.8 Å². The SMILES string of the molecule is Cn1ccc2c3c(N(CCO)CCOC(=O)C(F)(F)F)nc(N)nc3cc(-c3ccccc3C(F)(F)F)c21. The van der Waals surface area contributed by atoms with Gasteiger partial charge >= 0.3 is 18.3 Å². The standard InChI is InChI=1S/C24H21F6N5O3/c1-34-7-6-14-18-17(12-15(19(14)34)13-4-2-3-5-16(13)23(25,26)27)32-22(31)33-20(18)35(8-10-36)9-11-38-21(37)24(28,29)30/h2-7,12,36H,8-11H2,1H3,(H2,31,32,33). The molecule has 0 amide bonds. The largest absolute Gasteiger partial charge is 0.490 e. The van der Waals surface area contributed by atoms with Gasteiger partial charge in [-0.2, -0.15) is 31.3 Å². The second-order valence-corrected chi connectivity index (χ2v) is 8.30. The first-order chi connectivity index (χ1) is 17.8. The van der Waals surface area contributed by atoms with Gasteiger partial charge in [0.2, 0.25) is 5.95 Å². The highest BCUT2D eigenvalue weighted by atomic mass is 19.4. The molecule has 14 heteroatoms. The number of nitrogens with two attached hydrogens (primary N) is 1.